The zero-order chi connectivity index (χ0) is 22.0. The predicted octanol–water partition coefficient (Wildman–Crippen LogP) is 4.61. The summed E-state index contributed by atoms with van der Waals surface area (Å²) in [5, 5.41) is 13.7. The lowest BCUT2D eigenvalue weighted by atomic mass is 10.1. The van der Waals surface area contributed by atoms with E-state index in [1.165, 1.54) is 13.3 Å². The van der Waals surface area contributed by atoms with Crippen LogP contribution in [0.3, 0.4) is 0 Å². The lowest BCUT2D eigenvalue weighted by Gasteiger charge is -2.12. The van der Waals surface area contributed by atoms with Crippen LogP contribution < -0.4 is 10.1 Å². The van der Waals surface area contributed by atoms with Gasteiger partial charge in [-0.05, 0) is 18.2 Å². The van der Waals surface area contributed by atoms with Crippen molar-refractivity contribution < 1.29 is 8.95 Å². The fourth-order valence-corrected chi connectivity index (χ4v) is 3.83. The van der Waals surface area contributed by atoms with Crippen LogP contribution in [-0.4, -0.2) is 38.8 Å². The minimum absolute atomic E-state index is 0.317. The van der Waals surface area contributed by atoms with E-state index in [4.69, 9.17) is 4.74 Å². The number of nitriles is 1. The maximum atomic E-state index is 12.0. The van der Waals surface area contributed by atoms with E-state index in [1.54, 1.807) is 30.7 Å². The standard InChI is InChI=1S/C22H20N6O2S/c1-30-20-10-15(28-31(2,3)29)8-9-19(20)26-22-25-12-14(11-23)21(27-22)17-13-24-18-7-5-4-6-16(17)18/h4-10,12-13,24H,1-3H3,(H,25,26,27). The lowest BCUT2D eigenvalue weighted by molar-refractivity contribution is 0.417. The summed E-state index contributed by atoms with van der Waals surface area (Å²) in [6.45, 7) is 0. The van der Waals surface area contributed by atoms with Crippen molar-refractivity contribution in [1.29, 1.82) is 5.26 Å². The Kier molecular flexibility index (Phi) is 5.31. The van der Waals surface area contributed by atoms with Crippen LogP contribution in [-0.2, 0) is 9.73 Å². The molecule has 0 aliphatic rings. The Balaban J connectivity index is 1.75. The normalized spacial score (nSPS) is 11.2. The molecule has 0 spiro atoms. The van der Waals surface area contributed by atoms with E-state index >= 15 is 0 Å². The lowest BCUT2D eigenvalue weighted by Crippen LogP contribution is -2.01. The number of benzene rings is 2. The van der Waals surface area contributed by atoms with Crippen molar-refractivity contribution in [2.45, 2.75) is 0 Å². The molecule has 0 aliphatic heterocycles. The third-order valence-electron chi connectivity index (χ3n) is 4.51. The van der Waals surface area contributed by atoms with E-state index in [9.17, 15) is 9.47 Å². The molecular formula is C22H20N6O2S. The second-order valence-corrected chi connectivity index (χ2v) is 9.64. The molecule has 0 atom stereocenters. The molecule has 2 aromatic carbocycles. The van der Waals surface area contributed by atoms with Crippen molar-refractivity contribution >= 4 is 38.0 Å². The molecule has 0 unspecified atom stereocenters. The Morgan fingerprint density at radius 3 is 2.77 bits per heavy atom. The summed E-state index contributed by atoms with van der Waals surface area (Å²) in [5.74, 6) is 0.823. The molecule has 31 heavy (non-hydrogen) atoms. The Morgan fingerprint density at radius 2 is 2.03 bits per heavy atom. The third-order valence-corrected chi connectivity index (χ3v) is 5.16. The van der Waals surface area contributed by atoms with E-state index in [0.717, 1.165) is 16.5 Å². The van der Waals surface area contributed by atoms with Crippen molar-refractivity contribution in [1.82, 2.24) is 15.0 Å². The van der Waals surface area contributed by atoms with Gasteiger partial charge in [0.1, 0.15) is 11.8 Å². The molecule has 0 amide bonds. The Labute approximate surface area is 180 Å². The molecule has 0 aliphatic carbocycles. The summed E-state index contributed by atoms with van der Waals surface area (Å²) in [4.78, 5) is 12.1. The summed E-state index contributed by atoms with van der Waals surface area (Å²) in [6, 6.07) is 15.2. The molecule has 2 aromatic heterocycles. The van der Waals surface area contributed by atoms with Gasteiger partial charge in [-0.3, -0.25) is 0 Å². The topological polar surface area (TPSA) is 116 Å². The highest BCUT2D eigenvalue weighted by Crippen LogP contribution is 2.33. The first kappa shape index (κ1) is 20.4. The second-order valence-electron chi connectivity index (χ2n) is 7.10. The van der Waals surface area contributed by atoms with E-state index in [2.05, 4.69) is 30.7 Å². The first-order valence-corrected chi connectivity index (χ1v) is 11.7. The van der Waals surface area contributed by atoms with Gasteiger partial charge in [0.2, 0.25) is 5.95 Å². The Hall–Kier alpha value is -3.90. The zero-order valence-electron chi connectivity index (χ0n) is 17.2. The summed E-state index contributed by atoms with van der Waals surface area (Å²) in [6.07, 6.45) is 6.47. The minimum Gasteiger partial charge on any atom is -0.494 e. The molecule has 2 heterocycles. The van der Waals surface area contributed by atoms with Gasteiger partial charge in [-0.25, -0.2) is 14.2 Å². The highest BCUT2D eigenvalue weighted by molar-refractivity contribution is 7.92. The molecule has 4 rings (SSSR count). The van der Waals surface area contributed by atoms with Crippen molar-refractivity contribution in [2.24, 2.45) is 4.36 Å². The smallest absolute Gasteiger partial charge is 0.227 e. The van der Waals surface area contributed by atoms with E-state index in [1.807, 2.05) is 30.5 Å². The van der Waals surface area contributed by atoms with Crippen LogP contribution in [0.15, 0.2) is 59.2 Å². The Morgan fingerprint density at radius 1 is 1.23 bits per heavy atom. The molecule has 0 fully saturated rings. The highest BCUT2D eigenvalue weighted by Gasteiger charge is 2.15. The minimum atomic E-state index is -2.29. The molecule has 0 bridgehead atoms. The summed E-state index contributed by atoms with van der Waals surface area (Å²) >= 11 is 0. The van der Waals surface area contributed by atoms with Gasteiger partial charge >= 0.3 is 0 Å². The quantitative estimate of drug-likeness (QED) is 0.476. The molecule has 0 saturated carbocycles. The fraction of sp³-hybridized carbons (Fsp3) is 0.136. The van der Waals surface area contributed by atoms with Crippen molar-refractivity contribution in [3.05, 3.63) is 60.4 Å². The van der Waals surface area contributed by atoms with Gasteiger partial charge in [0, 0.05) is 51.0 Å². The van der Waals surface area contributed by atoms with Crippen molar-refractivity contribution in [3.63, 3.8) is 0 Å². The molecule has 0 radical (unpaired) electrons. The maximum Gasteiger partial charge on any atom is 0.227 e. The number of para-hydroxylation sites is 1. The SMILES string of the molecule is COc1cc(N=S(C)(C)=O)ccc1Nc1ncc(C#N)c(-c2c[nH]c3ccccc23)n1. The van der Waals surface area contributed by atoms with Gasteiger partial charge in [-0.15, -0.1) is 0 Å². The van der Waals surface area contributed by atoms with Crippen molar-refractivity contribution in [3.8, 4) is 23.1 Å². The van der Waals surface area contributed by atoms with Crippen LogP contribution in [0.4, 0.5) is 17.3 Å². The molecular weight excluding hydrogens is 412 g/mol. The Bertz CT molecular complexity index is 1440. The summed E-state index contributed by atoms with van der Waals surface area (Å²) in [7, 11) is -0.751. The van der Waals surface area contributed by atoms with Crippen LogP contribution >= 0.6 is 0 Å². The van der Waals surface area contributed by atoms with Gasteiger partial charge in [0.15, 0.2) is 0 Å². The van der Waals surface area contributed by atoms with E-state index < -0.39 is 9.73 Å². The number of nitrogens with zero attached hydrogens (tertiary/aromatic N) is 4. The number of H-pyrrole nitrogens is 1. The number of anilines is 2. The highest BCUT2D eigenvalue weighted by atomic mass is 32.2. The van der Waals surface area contributed by atoms with Crippen LogP contribution in [0.1, 0.15) is 5.56 Å². The van der Waals surface area contributed by atoms with Gasteiger partial charge < -0.3 is 15.0 Å². The van der Waals surface area contributed by atoms with Crippen LogP contribution in [0, 0.1) is 11.3 Å². The molecule has 156 valence electrons. The van der Waals surface area contributed by atoms with Gasteiger partial charge in [-0.2, -0.15) is 9.62 Å². The fourth-order valence-electron chi connectivity index (χ4n) is 3.21. The maximum absolute atomic E-state index is 12.0. The number of ether oxygens (including phenoxy) is 1. The van der Waals surface area contributed by atoms with E-state index in [0.29, 0.717) is 34.3 Å². The predicted molar refractivity (Wildman–Crippen MR) is 122 cm³/mol. The summed E-state index contributed by atoms with van der Waals surface area (Å²) in [5.41, 5.74) is 3.85. The van der Waals surface area contributed by atoms with Crippen LogP contribution in [0.25, 0.3) is 22.2 Å². The number of hydrogen-bond donors (Lipinski definition) is 2. The number of aromatic amines is 1. The van der Waals surface area contributed by atoms with Gasteiger partial charge in [0.05, 0.1) is 35.9 Å². The zero-order valence-corrected chi connectivity index (χ0v) is 18.0. The molecule has 8 nitrogen and oxygen atoms in total. The van der Waals surface area contributed by atoms with Crippen LogP contribution in [0.5, 0.6) is 5.75 Å². The third kappa shape index (κ3) is 4.34. The largest absolute Gasteiger partial charge is 0.494 e. The molecule has 9 heteroatoms. The van der Waals surface area contributed by atoms with E-state index in [-0.39, 0.29) is 0 Å². The van der Waals surface area contributed by atoms with Gasteiger partial charge in [-0.1, -0.05) is 18.2 Å². The molecule has 0 saturated heterocycles. The molecule has 4 aromatic rings. The summed E-state index contributed by atoms with van der Waals surface area (Å²) < 4.78 is 21.6. The number of nitrogens with one attached hydrogen (secondary N) is 2. The number of aromatic nitrogens is 3. The average Bonchev–Trinajstić information content (AvgIpc) is 3.17. The van der Waals surface area contributed by atoms with Gasteiger partial charge in [0.25, 0.3) is 0 Å². The monoisotopic (exact) mass is 432 g/mol. The average molecular weight is 433 g/mol. The number of fused-ring (bicyclic) bond motifs is 1. The second kappa shape index (κ2) is 8.08. The number of methoxy groups -OCH3 is 1. The van der Waals surface area contributed by atoms with Crippen molar-refractivity contribution in [2.75, 3.05) is 24.9 Å². The van der Waals surface area contributed by atoms with Crippen LogP contribution in [0.2, 0.25) is 0 Å². The first-order valence-electron chi connectivity index (χ1n) is 9.34. The number of hydrogen-bond acceptors (Lipinski definition) is 7. The first-order chi connectivity index (χ1) is 14.9. The number of rotatable bonds is 5. The molecule has 2 N–H and O–H groups in total.